The van der Waals surface area contributed by atoms with Crippen LogP contribution in [0.5, 0.6) is 0 Å². The molecule has 2 aliphatic carbocycles. The lowest BCUT2D eigenvalue weighted by atomic mass is 9.96. The highest BCUT2D eigenvalue weighted by Gasteiger charge is 2.38. The Labute approximate surface area is 360 Å². The molecule has 0 bridgehead atoms. The van der Waals surface area contributed by atoms with Crippen LogP contribution in [0.25, 0.3) is 97.7 Å². The van der Waals surface area contributed by atoms with Crippen LogP contribution in [-0.4, -0.2) is 60.0 Å². The fraction of sp³-hybridized carbons (Fsp3) is 0.120. The molecular weight excluding hydrogens is 807 g/mol. The summed E-state index contributed by atoms with van der Waals surface area (Å²) in [7, 11) is 0. The summed E-state index contributed by atoms with van der Waals surface area (Å²) in [5.74, 6) is -1.46. The number of aliphatic hydroxyl groups is 1. The van der Waals surface area contributed by atoms with E-state index in [4.69, 9.17) is 5.53 Å². The molecule has 0 saturated heterocycles. The normalized spacial score (nSPS) is 20.1. The monoisotopic (exact) mass is 839 g/mol. The summed E-state index contributed by atoms with van der Waals surface area (Å²) in [6.45, 7) is 0. The largest absolute Gasteiger partial charge is 0.389 e. The summed E-state index contributed by atoms with van der Waals surface area (Å²) < 4.78 is 4.41. The maximum absolute atomic E-state index is 13.1. The summed E-state index contributed by atoms with van der Waals surface area (Å²) in [5, 5.41) is 25.8. The number of carbonyl (C=O) groups excluding carboxylic acids is 4. The van der Waals surface area contributed by atoms with Gasteiger partial charge in [0.2, 0.25) is 0 Å². The fourth-order valence-corrected chi connectivity index (χ4v) is 11.1. The maximum Gasteiger partial charge on any atom is 0.259 e. The van der Waals surface area contributed by atoms with Crippen LogP contribution in [0.3, 0.4) is 0 Å². The average Bonchev–Trinajstić information content (AvgIpc) is 4.18. The van der Waals surface area contributed by atoms with Crippen LogP contribution in [0.2, 0.25) is 0 Å². The number of amides is 4. The number of benzene rings is 6. The van der Waals surface area contributed by atoms with Crippen molar-refractivity contribution in [2.45, 2.75) is 37.1 Å². The van der Waals surface area contributed by atoms with E-state index < -0.39 is 6.10 Å². The minimum atomic E-state index is -0.501. The molecule has 4 aliphatic rings. The first kappa shape index (κ1) is 36.2. The number of aromatic amines is 2. The van der Waals surface area contributed by atoms with Gasteiger partial charge in [-0.1, -0.05) is 102 Å². The third-order valence-electron chi connectivity index (χ3n) is 13.5. The third kappa shape index (κ3) is 4.74. The molecule has 0 radical (unpaired) electrons. The number of allylic oxidation sites excluding steroid dienone is 2. The van der Waals surface area contributed by atoms with Crippen molar-refractivity contribution in [2.24, 2.45) is 5.11 Å². The van der Waals surface area contributed by atoms with Crippen molar-refractivity contribution in [1.29, 1.82) is 0 Å². The first-order chi connectivity index (χ1) is 31.3. The van der Waals surface area contributed by atoms with Crippen molar-refractivity contribution in [3.63, 3.8) is 0 Å². The van der Waals surface area contributed by atoms with Gasteiger partial charge in [-0.3, -0.25) is 29.8 Å². The number of rotatable bonds is 3. The molecule has 6 aromatic carbocycles. The number of imide groups is 2. The van der Waals surface area contributed by atoms with Crippen molar-refractivity contribution in [3.05, 3.63) is 154 Å². The van der Waals surface area contributed by atoms with Gasteiger partial charge in [0, 0.05) is 76.5 Å². The predicted octanol–water partition coefficient (Wildman–Crippen LogP) is 9.67. The van der Waals surface area contributed by atoms with Crippen LogP contribution < -0.4 is 10.6 Å². The van der Waals surface area contributed by atoms with E-state index in [-0.39, 0.29) is 41.8 Å². The number of H-pyrrole nitrogens is 2. The second-order valence-electron chi connectivity index (χ2n) is 16.8. The Morgan fingerprint density at radius 3 is 1.42 bits per heavy atom. The molecule has 308 valence electrons. The predicted molar refractivity (Wildman–Crippen MR) is 246 cm³/mol. The van der Waals surface area contributed by atoms with Crippen LogP contribution >= 0.6 is 0 Å². The average molecular weight is 840 g/mol. The van der Waals surface area contributed by atoms with Gasteiger partial charge in [0.1, 0.15) is 0 Å². The van der Waals surface area contributed by atoms with Crippen molar-refractivity contribution in [3.8, 4) is 0 Å². The minimum absolute atomic E-state index is 0.0507. The number of azide groups is 1. The van der Waals surface area contributed by atoms with E-state index in [0.29, 0.717) is 35.1 Å². The first-order valence-electron chi connectivity index (χ1n) is 21.1. The van der Waals surface area contributed by atoms with Crippen LogP contribution in [0.15, 0.2) is 126 Å². The van der Waals surface area contributed by atoms with Crippen molar-refractivity contribution in [2.75, 3.05) is 0 Å². The summed E-state index contributed by atoms with van der Waals surface area (Å²) >= 11 is 0. The third-order valence-corrected chi connectivity index (χ3v) is 13.5. The Hall–Kier alpha value is -8.45. The fourth-order valence-electron chi connectivity index (χ4n) is 11.1. The standard InChI is InChI=1S/C25H16N6O2.C25H17N3O3/c26-30-29-12-9-10-13(11-12)31-17-8-4-2-6-15(17)19-21-20(24(32)28-25(21)33)18-14-5-1-3-7-16(14)27-22(18)23(19)31;29-13-10-9-12(11-13)28-17-8-4-2-6-15(17)19-21-20(24(30)27-25(21)31)18-14-5-1-3-7-16(14)26-22(18)23(19)28/h1-10,12-13,27H,11H2,(H,28,32,33);1-10,12-13,26,29H,11H2,(H,27,30,31)/t12-,13?;12?,13-/m01/s1. The molecule has 0 fully saturated rings. The van der Waals surface area contributed by atoms with Gasteiger partial charge < -0.3 is 24.2 Å². The zero-order valence-corrected chi connectivity index (χ0v) is 33.6. The Morgan fingerprint density at radius 2 is 0.953 bits per heavy atom. The van der Waals surface area contributed by atoms with Gasteiger partial charge >= 0.3 is 0 Å². The number of nitrogens with zero attached hydrogens (tertiary/aromatic N) is 5. The van der Waals surface area contributed by atoms with E-state index in [0.717, 1.165) is 87.2 Å². The molecular formula is C50H33N9O5. The molecule has 64 heavy (non-hydrogen) atoms. The van der Waals surface area contributed by atoms with Gasteiger partial charge in [-0.25, -0.2) is 0 Å². The molecule has 10 aromatic rings. The molecule has 4 aromatic heterocycles. The Morgan fingerprint density at radius 1 is 0.531 bits per heavy atom. The number of aliphatic hydroxyl groups excluding tert-OH is 1. The number of para-hydroxylation sites is 4. The van der Waals surface area contributed by atoms with Crippen LogP contribution in [0, 0.1) is 0 Å². The number of carbonyl (C=O) groups is 4. The van der Waals surface area contributed by atoms with Gasteiger partial charge in [0.25, 0.3) is 23.6 Å². The van der Waals surface area contributed by atoms with E-state index in [9.17, 15) is 24.3 Å². The molecule has 6 heterocycles. The highest BCUT2D eigenvalue weighted by molar-refractivity contribution is 6.41. The first-order valence-corrected chi connectivity index (χ1v) is 21.1. The number of nitrogens with one attached hydrogen (secondary N) is 4. The molecule has 2 aliphatic heterocycles. The van der Waals surface area contributed by atoms with Crippen LogP contribution in [0.4, 0.5) is 0 Å². The van der Waals surface area contributed by atoms with E-state index >= 15 is 0 Å². The second kappa shape index (κ2) is 13.0. The number of aromatic nitrogens is 4. The molecule has 0 saturated carbocycles. The van der Waals surface area contributed by atoms with E-state index in [2.05, 4.69) is 45.8 Å². The highest BCUT2D eigenvalue weighted by atomic mass is 16.3. The molecule has 5 N–H and O–H groups in total. The molecule has 2 unspecified atom stereocenters. The van der Waals surface area contributed by atoms with Gasteiger partial charge in [-0.2, -0.15) is 0 Å². The van der Waals surface area contributed by atoms with Gasteiger partial charge in [-0.05, 0) is 36.2 Å². The summed E-state index contributed by atoms with van der Waals surface area (Å²) in [5.41, 5.74) is 17.8. The number of fused-ring (bicyclic) bond motifs is 20. The van der Waals surface area contributed by atoms with Crippen LogP contribution in [0.1, 0.15) is 66.4 Å². The number of hydrogen-bond acceptors (Lipinski definition) is 6. The Balaban J connectivity index is 0.000000129. The zero-order chi connectivity index (χ0) is 43.1. The zero-order valence-electron chi connectivity index (χ0n) is 33.6. The molecule has 14 rings (SSSR count). The molecule has 14 nitrogen and oxygen atoms in total. The quantitative estimate of drug-likeness (QED) is 0.0387. The molecule has 4 atom stereocenters. The second-order valence-corrected chi connectivity index (χ2v) is 16.8. The van der Waals surface area contributed by atoms with Crippen molar-refractivity contribution < 1.29 is 24.3 Å². The smallest absolute Gasteiger partial charge is 0.259 e. The van der Waals surface area contributed by atoms with Crippen molar-refractivity contribution >= 4 is 111 Å². The molecule has 4 amide bonds. The summed E-state index contributed by atoms with van der Waals surface area (Å²) in [6, 6.07) is 31.2. The summed E-state index contributed by atoms with van der Waals surface area (Å²) in [4.78, 5) is 62.0. The van der Waals surface area contributed by atoms with Gasteiger partial charge in [0.05, 0.1) is 68.6 Å². The van der Waals surface area contributed by atoms with E-state index in [1.807, 2.05) is 115 Å². The molecule has 0 spiro atoms. The van der Waals surface area contributed by atoms with Gasteiger partial charge in [-0.15, -0.1) is 0 Å². The summed E-state index contributed by atoms with van der Waals surface area (Å²) in [6.07, 6.45) is 8.51. The minimum Gasteiger partial charge on any atom is -0.389 e. The lowest BCUT2D eigenvalue weighted by Crippen LogP contribution is -2.20. The Kier molecular flexibility index (Phi) is 7.38. The maximum atomic E-state index is 13.1. The Bertz CT molecular complexity index is 3950. The topological polar surface area (TPSA) is 203 Å². The lowest BCUT2D eigenvalue weighted by molar-refractivity contribution is 0.0864. The van der Waals surface area contributed by atoms with Gasteiger partial charge in [0.15, 0.2) is 0 Å². The number of hydrogen-bond donors (Lipinski definition) is 5. The van der Waals surface area contributed by atoms with E-state index in [1.165, 1.54) is 0 Å². The van der Waals surface area contributed by atoms with Crippen molar-refractivity contribution in [1.82, 2.24) is 29.7 Å². The lowest BCUT2D eigenvalue weighted by Gasteiger charge is -2.16. The SMILES string of the molecule is O=C1NC(=O)c2c1c1c3ccccc3[nH]c1c1c2c2ccccc2n1C1C=C[C@@H](O)C1.[N-]=[N+]=N[C@H]1C=CC(n2c3ccccc3c3c4c(c5c6ccccc6[nH]c5c32)C(=O)NC4=O)C1. The van der Waals surface area contributed by atoms with Crippen LogP contribution in [-0.2, 0) is 0 Å². The highest BCUT2D eigenvalue weighted by Crippen LogP contribution is 2.48. The molecule has 14 heteroatoms. The van der Waals surface area contributed by atoms with E-state index in [1.54, 1.807) is 0 Å².